The highest BCUT2D eigenvalue weighted by Crippen LogP contribution is 2.16. The lowest BCUT2D eigenvalue weighted by atomic mass is 10.1. The first kappa shape index (κ1) is 26.6. The fourth-order valence-corrected chi connectivity index (χ4v) is 3.63. The Morgan fingerprint density at radius 1 is 1.11 bits per heavy atom. The number of rotatable bonds is 7. The number of carbonyl (C=O) groups excluding carboxylic acids is 2. The van der Waals surface area contributed by atoms with E-state index in [1.165, 1.54) is 18.3 Å². The van der Waals surface area contributed by atoms with Crippen LogP contribution in [0.3, 0.4) is 0 Å². The molecule has 1 aromatic carbocycles. The molecule has 2 N–H and O–H groups in total. The third kappa shape index (κ3) is 7.78. The van der Waals surface area contributed by atoms with E-state index in [9.17, 15) is 14.0 Å². The molecule has 1 aliphatic heterocycles. The van der Waals surface area contributed by atoms with Crippen LogP contribution >= 0.6 is 0 Å². The number of aromatic amines is 1. The first-order valence-corrected chi connectivity index (χ1v) is 11.8. The van der Waals surface area contributed by atoms with Crippen molar-refractivity contribution in [3.05, 3.63) is 89.5 Å². The van der Waals surface area contributed by atoms with Gasteiger partial charge in [-0.1, -0.05) is 6.92 Å². The molecule has 0 saturated carbocycles. The van der Waals surface area contributed by atoms with Crippen LogP contribution in [0.15, 0.2) is 61.1 Å². The van der Waals surface area contributed by atoms with Crippen molar-refractivity contribution < 1.29 is 14.0 Å². The second-order valence-corrected chi connectivity index (χ2v) is 8.46. The first-order valence-electron chi connectivity index (χ1n) is 11.8. The Bertz CT molecular complexity index is 1180. The average molecular weight is 491 g/mol. The van der Waals surface area contributed by atoms with Gasteiger partial charge in [-0.05, 0) is 72.6 Å². The minimum atomic E-state index is -0.331. The molecular formula is C27H31FN6O2. The lowest BCUT2D eigenvalue weighted by molar-refractivity contribution is -0.132. The number of pyridine rings is 1. The molecule has 4 rings (SSSR count). The van der Waals surface area contributed by atoms with Crippen LogP contribution in [-0.2, 0) is 11.2 Å². The third-order valence-corrected chi connectivity index (χ3v) is 5.84. The topological polar surface area (TPSA) is 106 Å². The van der Waals surface area contributed by atoms with Crippen molar-refractivity contribution in [2.75, 3.05) is 33.2 Å². The number of hydrogen-bond donors (Lipinski definition) is 2. The van der Waals surface area contributed by atoms with E-state index in [1.807, 2.05) is 24.0 Å². The number of nitrogens with zero attached hydrogens (tertiary/aromatic N) is 4. The van der Waals surface area contributed by atoms with Crippen molar-refractivity contribution in [2.24, 2.45) is 0 Å². The minimum absolute atomic E-state index is 0.222. The summed E-state index contributed by atoms with van der Waals surface area (Å²) in [5.41, 5.74) is 3.14. The summed E-state index contributed by atoms with van der Waals surface area (Å²) in [5, 5.41) is 8.02. The normalized spacial score (nSPS) is 14.1. The Morgan fingerprint density at radius 2 is 1.78 bits per heavy atom. The number of imidazole rings is 1. The van der Waals surface area contributed by atoms with E-state index in [-0.39, 0.29) is 17.4 Å². The molecule has 2 aromatic heterocycles. The summed E-state index contributed by atoms with van der Waals surface area (Å²) < 4.78 is 12.9. The van der Waals surface area contributed by atoms with Crippen molar-refractivity contribution in [3.63, 3.8) is 0 Å². The minimum Gasteiger partial charge on any atom is -0.340 e. The summed E-state index contributed by atoms with van der Waals surface area (Å²) in [6, 6.07) is 9.55. The van der Waals surface area contributed by atoms with Crippen LogP contribution in [0.25, 0.3) is 5.57 Å². The van der Waals surface area contributed by atoms with E-state index in [1.54, 1.807) is 30.6 Å². The molecule has 1 aliphatic rings. The molecule has 3 heterocycles. The molecular weight excluding hydrogens is 459 g/mol. The number of nitrogens with one attached hydrogen (secondary N) is 2. The van der Waals surface area contributed by atoms with Crippen LogP contribution in [0.4, 0.5) is 4.39 Å². The van der Waals surface area contributed by atoms with Gasteiger partial charge in [-0.25, -0.2) is 9.37 Å². The number of carbonyl (C=O) groups is 2. The maximum absolute atomic E-state index is 12.9. The molecule has 0 radical (unpaired) electrons. The van der Waals surface area contributed by atoms with Crippen molar-refractivity contribution >= 4 is 23.5 Å². The molecule has 0 aliphatic carbocycles. The molecule has 1 amide bonds. The van der Waals surface area contributed by atoms with Gasteiger partial charge in [-0.15, -0.1) is 0 Å². The van der Waals surface area contributed by atoms with Crippen LogP contribution in [0.1, 0.15) is 40.8 Å². The molecule has 0 spiro atoms. The van der Waals surface area contributed by atoms with E-state index < -0.39 is 0 Å². The van der Waals surface area contributed by atoms with Gasteiger partial charge < -0.3 is 20.2 Å². The zero-order chi connectivity index (χ0) is 25.9. The fraction of sp³-hybridized carbons (Fsp3) is 0.296. The summed E-state index contributed by atoms with van der Waals surface area (Å²) in [6.45, 7) is 5.58. The maximum atomic E-state index is 12.9. The SMILES string of the molecule is CC/C(=C/C(=N)c1ccc(F)cc1)c1ncc(C=O)[nH]1.CN1CCN(C(=O)Cc2ccncc2)CC1. The van der Waals surface area contributed by atoms with Crippen LogP contribution in [-0.4, -0.2) is 75.9 Å². The second kappa shape index (κ2) is 13.2. The zero-order valence-electron chi connectivity index (χ0n) is 20.6. The van der Waals surface area contributed by atoms with E-state index in [2.05, 4.69) is 26.9 Å². The standard InChI is InChI=1S/C15H14FN3O.C12H17N3O/c1-2-10(15-18-8-13(9-20)19-15)7-14(17)11-3-5-12(16)6-4-11;1-14-6-8-15(9-7-14)12(16)10-11-2-4-13-5-3-11/h3-9,17H,2H2,1H3,(H,18,19);2-5H,6-10H2,1H3/b10-7-,17-14?;. The molecule has 0 bridgehead atoms. The summed E-state index contributed by atoms with van der Waals surface area (Å²) in [4.78, 5) is 37.7. The Morgan fingerprint density at radius 3 is 2.36 bits per heavy atom. The van der Waals surface area contributed by atoms with Gasteiger partial charge in [0.2, 0.25) is 5.91 Å². The van der Waals surface area contributed by atoms with Gasteiger partial charge in [0, 0.05) is 38.6 Å². The molecule has 36 heavy (non-hydrogen) atoms. The Hall–Kier alpha value is -3.98. The predicted octanol–water partition coefficient (Wildman–Crippen LogP) is 3.62. The van der Waals surface area contributed by atoms with Crippen LogP contribution < -0.4 is 0 Å². The number of piperazine rings is 1. The van der Waals surface area contributed by atoms with E-state index in [4.69, 9.17) is 5.41 Å². The lowest BCUT2D eigenvalue weighted by Crippen LogP contribution is -2.47. The monoisotopic (exact) mass is 490 g/mol. The number of halogens is 1. The first-order chi connectivity index (χ1) is 17.4. The van der Waals surface area contributed by atoms with E-state index in [0.29, 0.717) is 36.2 Å². The van der Waals surface area contributed by atoms with Crippen LogP contribution in [0, 0.1) is 11.2 Å². The summed E-state index contributed by atoms with van der Waals surface area (Å²) in [7, 11) is 2.09. The molecule has 0 atom stereocenters. The van der Waals surface area contributed by atoms with Crippen molar-refractivity contribution in [1.29, 1.82) is 5.41 Å². The number of likely N-dealkylation sites (N-methyl/N-ethyl adjacent to an activating group) is 1. The maximum Gasteiger partial charge on any atom is 0.227 e. The molecule has 9 heteroatoms. The Labute approximate surface area is 210 Å². The highest BCUT2D eigenvalue weighted by Gasteiger charge is 2.18. The average Bonchev–Trinajstić information content (AvgIpc) is 3.38. The number of hydrogen-bond acceptors (Lipinski definition) is 6. The van der Waals surface area contributed by atoms with Crippen molar-refractivity contribution in [2.45, 2.75) is 19.8 Å². The quantitative estimate of drug-likeness (QED) is 0.389. The molecule has 1 fully saturated rings. The largest absolute Gasteiger partial charge is 0.340 e. The number of H-pyrrole nitrogens is 1. The van der Waals surface area contributed by atoms with Gasteiger partial charge >= 0.3 is 0 Å². The number of aldehydes is 1. The van der Waals surface area contributed by atoms with Gasteiger partial charge in [0.1, 0.15) is 11.6 Å². The molecule has 188 valence electrons. The van der Waals surface area contributed by atoms with E-state index >= 15 is 0 Å². The smallest absolute Gasteiger partial charge is 0.227 e. The number of allylic oxidation sites excluding steroid dienone is 2. The second-order valence-electron chi connectivity index (χ2n) is 8.46. The van der Waals surface area contributed by atoms with Gasteiger partial charge in [-0.2, -0.15) is 0 Å². The zero-order valence-corrected chi connectivity index (χ0v) is 20.6. The molecule has 3 aromatic rings. The molecule has 1 saturated heterocycles. The van der Waals surface area contributed by atoms with Gasteiger partial charge in [-0.3, -0.25) is 14.6 Å². The van der Waals surface area contributed by atoms with Gasteiger partial charge in [0.15, 0.2) is 6.29 Å². The summed E-state index contributed by atoms with van der Waals surface area (Å²) >= 11 is 0. The lowest BCUT2D eigenvalue weighted by Gasteiger charge is -2.32. The highest BCUT2D eigenvalue weighted by atomic mass is 19.1. The van der Waals surface area contributed by atoms with E-state index in [0.717, 1.165) is 37.3 Å². The van der Waals surface area contributed by atoms with Crippen LogP contribution in [0.5, 0.6) is 0 Å². The summed E-state index contributed by atoms with van der Waals surface area (Å²) in [5.74, 6) is 0.462. The molecule has 0 unspecified atom stereocenters. The Balaban J connectivity index is 0.000000205. The summed E-state index contributed by atoms with van der Waals surface area (Å²) in [6.07, 6.45) is 8.42. The number of aromatic nitrogens is 3. The Kier molecular flexibility index (Phi) is 9.76. The van der Waals surface area contributed by atoms with Crippen molar-refractivity contribution in [1.82, 2.24) is 24.8 Å². The third-order valence-electron chi connectivity index (χ3n) is 5.84. The number of amides is 1. The van der Waals surface area contributed by atoms with Crippen molar-refractivity contribution in [3.8, 4) is 0 Å². The highest BCUT2D eigenvalue weighted by molar-refractivity contribution is 6.10. The molecule has 8 nitrogen and oxygen atoms in total. The van der Waals surface area contributed by atoms with Gasteiger partial charge in [0.05, 0.1) is 24.0 Å². The number of benzene rings is 1. The predicted molar refractivity (Wildman–Crippen MR) is 137 cm³/mol. The van der Waals surface area contributed by atoms with Crippen LogP contribution in [0.2, 0.25) is 0 Å². The fourth-order valence-electron chi connectivity index (χ4n) is 3.63. The van der Waals surface area contributed by atoms with Gasteiger partial charge in [0.25, 0.3) is 0 Å².